The number of likely N-dealkylation sites (N-methyl/N-ethyl adjacent to an activating group) is 1. The molecule has 7 rings (SSSR count). The summed E-state index contributed by atoms with van der Waals surface area (Å²) < 4.78 is 79.9. The number of carbonyl (C=O) groups is 5. The molecule has 460 valence electrons. The molecule has 5 atom stereocenters. The largest absolute Gasteiger partial charge is 0.417 e. The standard InChI is InChI=1S/C60H75F4N9O11S/c1-36-32-72(33-37(2)71(36)7)49-15-13-41(27-48(49)69-56(78)45-31-66-52(76)29-46(45)60(62,63)64)44-14-12-42(26-47(44)61)55(77)65-17-19-82-21-23-84-25-24-83-22-20-81-18-16-51(75)70-54(59(4,5)6)58(80)73-34-43(74)28-50(73)57(79)67-30-39-8-10-40(11-9-39)53-38(3)68-35-85-53/h8-15,26-27,29,31,35-37,43,50,54,74H,16-25,28,30,32-34H2,1-7H3,(H,65,77)(H,66,76)(H,67,79)(H,69,78)(H,70,75)/t36-,37+,43-,50+,54?/m1/s1. The molecule has 5 aromatic rings. The normalized spacial score (nSPS) is 17.8. The zero-order chi connectivity index (χ0) is 61.6. The second-order valence-corrected chi connectivity index (χ2v) is 23.0. The third-order valence-electron chi connectivity index (χ3n) is 14.8. The van der Waals surface area contributed by atoms with E-state index < -0.39 is 81.8 Å². The van der Waals surface area contributed by atoms with E-state index in [4.69, 9.17) is 18.9 Å². The lowest BCUT2D eigenvalue weighted by Crippen LogP contribution is -2.57. The highest BCUT2D eigenvalue weighted by atomic mass is 32.1. The maximum Gasteiger partial charge on any atom is 0.417 e. The van der Waals surface area contributed by atoms with Crippen LogP contribution in [0.2, 0.25) is 0 Å². The van der Waals surface area contributed by atoms with Crippen molar-refractivity contribution in [3.63, 3.8) is 0 Å². The summed E-state index contributed by atoms with van der Waals surface area (Å²) in [5, 5.41) is 21.6. The Hall–Kier alpha value is -7.13. The number of aromatic nitrogens is 2. The summed E-state index contributed by atoms with van der Waals surface area (Å²) in [7, 11) is 1.98. The Balaban J connectivity index is 0.767. The third kappa shape index (κ3) is 18.0. The maximum absolute atomic E-state index is 15.8. The van der Waals surface area contributed by atoms with Gasteiger partial charge >= 0.3 is 6.18 Å². The van der Waals surface area contributed by atoms with Gasteiger partial charge in [-0.25, -0.2) is 9.37 Å². The van der Waals surface area contributed by atoms with Crippen molar-refractivity contribution in [3.05, 3.63) is 123 Å². The molecule has 25 heteroatoms. The van der Waals surface area contributed by atoms with Crippen molar-refractivity contribution in [2.45, 2.75) is 97.4 Å². The van der Waals surface area contributed by atoms with Crippen LogP contribution in [-0.4, -0.2) is 171 Å². The first-order valence-electron chi connectivity index (χ1n) is 28.1. The number of thiazole rings is 1. The smallest absolute Gasteiger partial charge is 0.391 e. The molecule has 3 aromatic carbocycles. The fraction of sp³-hybridized carbons (Fsp3) is 0.483. The average Bonchev–Trinajstić information content (AvgIpc) is 2.90. The van der Waals surface area contributed by atoms with Crippen LogP contribution in [0.1, 0.15) is 85.0 Å². The highest BCUT2D eigenvalue weighted by molar-refractivity contribution is 7.13. The number of nitrogens with zero attached hydrogens (tertiary/aromatic N) is 4. The number of aliphatic hydroxyl groups is 1. The first-order chi connectivity index (χ1) is 40.4. The van der Waals surface area contributed by atoms with E-state index in [0.717, 1.165) is 27.8 Å². The number of likely N-dealkylation sites (tertiary alicyclic amines) is 1. The van der Waals surface area contributed by atoms with Gasteiger partial charge in [0.1, 0.15) is 17.9 Å². The van der Waals surface area contributed by atoms with Gasteiger partial charge in [0, 0.05) is 81.0 Å². The number of piperazine rings is 1. The number of aliphatic hydroxyl groups excluding tert-OH is 1. The van der Waals surface area contributed by atoms with Crippen molar-refractivity contribution in [1.29, 1.82) is 0 Å². The lowest BCUT2D eigenvalue weighted by molar-refractivity contribution is -0.144. The van der Waals surface area contributed by atoms with Gasteiger partial charge in [-0.3, -0.25) is 33.7 Å². The molecule has 6 N–H and O–H groups in total. The first-order valence-corrected chi connectivity index (χ1v) is 28.9. The number of rotatable bonds is 26. The fourth-order valence-electron chi connectivity index (χ4n) is 9.93. The fourth-order valence-corrected chi connectivity index (χ4v) is 10.7. The lowest BCUT2D eigenvalue weighted by atomic mass is 9.85. The summed E-state index contributed by atoms with van der Waals surface area (Å²) in [5.74, 6) is -3.72. The zero-order valence-corrected chi connectivity index (χ0v) is 49.6. The molecule has 0 bridgehead atoms. The zero-order valence-electron chi connectivity index (χ0n) is 48.7. The van der Waals surface area contributed by atoms with E-state index in [2.05, 4.69) is 36.1 Å². The topological polar surface area (TPSA) is 246 Å². The minimum Gasteiger partial charge on any atom is -0.391 e. The van der Waals surface area contributed by atoms with Gasteiger partial charge in [-0.05, 0) is 74.2 Å². The molecule has 1 unspecified atom stereocenters. The van der Waals surface area contributed by atoms with Crippen molar-refractivity contribution in [2.75, 3.05) is 96.3 Å². The Labute approximate surface area is 494 Å². The number of halogens is 4. The molecule has 2 saturated heterocycles. The summed E-state index contributed by atoms with van der Waals surface area (Å²) in [6, 6.07) is 15.0. The summed E-state index contributed by atoms with van der Waals surface area (Å²) in [4.78, 5) is 91.8. The Morgan fingerprint density at radius 3 is 2.06 bits per heavy atom. The van der Waals surface area contributed by atoms with Crippen molar-refractivity contribution in [1.82, 2.24) is 35.7 Å². The van der Waals surface area contributed by atoms with E-state index in [1.807, 2.05) is 77.8 Å². The number of β-amino-alcohol motifs (C(OH)–C–C–N with tert-alkyl or cyclic N) is 1. The second-order valence-electron chi connectivity index (χ2n) is 22.2. The number of alkyl halides is 3. The Morgan fingerprint density at radius 2 is 1.45 bits per heavy atom. The van der Waals surface area contributed by atoms with E-state index in [9.17, 15) is 47.0 Å². The van der Waals surface area contributed by atoms with E-state index in [1.54, 1.807) is 29.0 Å². The van der Waals surface area contributed by atoms with E-state index in [1.165, 1.54) is 23.1 Å². The molecule has 4 heterocycles. The van der Waals surface area contributed by atoms with E-state index in [0.29, 0.717) is 31.0 Å². The molecule has 0 saturated carbocycles. The highest BCUT2D eigenvalue weighted by Gasteiger charge is 2.44. The van der Waals surface area contributed by atoms with Gasteiger partial charge in [-0.15, -0.1) is 11.3 Å². The van der Waals surface area contributed by atoms with Crippen molar-refractivity contribution in [2.24, 2.45) is 5.41 Å². The van der Waals surface area contributed by atoms with Crippen molar-refractivity contribution < 1.29 is 65.6 Å². The minimum atomic E-state index is -5.00. The van der Waals surface area contributed by atoms with E-state index in [-0.39, 0.29) is 120 Å². The minimum absolute atomic E-state index is 0.0258. The van der Waals surface area contributed by atoms with Crippen LogP contribution in [0.5, 0.6) is 0 Å². The SMILES string of the molecule is Cc1ncsc1-c1ccc(CNC(=O)[C@@H]2C[C@@H](O)CN2C(=O)C(NC(=O)CCOCCOCCOCCOCCNC(=O)c2ccc(-c3ccc(N4C[C@@H](C)N(C)[C@@H](C)C4)c(NC(=O)c4c[nH]c(=O)cc4C(F)(F)F)c3)c(F)c2)C(C)(C)C)cc1. The van der Waals surface area contributed by atoms with Gasteiger partial charge in [0.25, 0.3) is 11.8 Å². The average molecular weight is 1210 g/mol. The van der Waals surface area contributed by atoms with Crippen LogP contribution in [0.4, 0.5) is 28.9 Å². The van der Waals surface area contributed by atoms with Crippen LogP contribution in [0.3, 0.4) is 0 Å². The number of nitrogens with one attached hydrogen (secondary N) is 5. The van der Waals surface area contributed by atoms with Gasteiger partial charge in [-0.1, -0.05) is 57.2 Å². The van der Waals surface area contributed by atoms with Crippen LogP contribution in [0.15, 0.2) is 83.2 Å². The molecule has 5 amide bonds. The number of ether oxygens (including phenoxy) is 4. The molecule has 0 radical (unpaired) electrons. The maximum atomic E-state index is 15.8. The Kier molecular flexibility index (Phi) is 22.9. The molecule has 20 nitrogen and oxygen atoms in total. The van der Waals surface area contributed by atoms with E-state index >= 15 is 4.39 Å². The first kappa shape index (κ1) is 65.4. The molecule has 2 aromatic heterocycles. The molecule has 0 aliphatic carbocycles. The number of pyridine rings is 1. The Morgan fingerprint density at radius 1 is 0.812 bits per heavy atom. The lowest BCUT2D eigenvalue weighted by Gasteiger charge is -2.44. The number of amides is 5. The molecular weight excluding hydrogens is 1130 g/mol. The van der Waals surface area contributed by atoms with Gasteiger partial charge in [0.2, 0.25) is 23.3 Å². The number of H-pyrrole nitrogens is 1. The van der Waals surface area contributed by atoms with Gasteiger partial charge in [-0.2, -0.15) is 13.2 Å². The van der Waals surface area contributed by atoms with Gasteiger partial charge in [0.15, 0.2) is 0 Å². The van der Waals surface area contributed by atoms with Crippen LogP contribution < -0.4 is 31.7 Å². The van der Waals surface area contributed by atoms with Crippen LogP contribution in [0, 0.1) is 18.2 Å². The van der Waals surface area contributed by atoms with Crippen molar-refractivity contribution in [3.8, 4) is 21.6 Å². The van der Waals surface area contributed by atoms with Crippen molar-refractivity contribution >= 4 is 52.2 Å². The monoisotopic (exact) mass is 1210 g/mol. The number of benzene rings is 3. The predicted octanol–water partition coefficient (Wildman–Crippen LogP) is 6.41. The summed E-state index contributed by atoms with van der Waals surface area (Å²) in [6.45, 7) is 14.4. The van der Waals surface area contributed by atoms with Gasteiger partial charge < -0.3 is 60.1 Å². The number of hydrogen-bond donors (Lipinski definition) is 6. The predicted molar refractivity (Wildman–Crippen MR) is 313 cm³/mol. The third-order valence-corrected chi connectivity index (χ3v) is 15.8. The number of anilines is 2. The molecule has 2 aliphatic rings. The molecule has 2 fully saturated rings. The van der Waals surface area contributed by atoms with Crippen LogP contribution >= 0.6 is 11.3 Å². The molecule has 2 aliphatic heterocycles. The van der Waals surface area contributed by atoms with Gasteiger partial charge in [0.05, 0.1) is 97.5 Å². The van der Waals surface area contributed by atoms with Crippen LogP contribution in [0.25, 0.3) is 21.6 Å². The molecule has 85 heavy (non-hydrogen) atoms. The van der Waals surface area contributed by atoms with Crippen LogP contribution in [-0.2, 0) is 46.1 Å². The molecular formula is C60H75F4N9O11S. The molecule has 0 spiro atoms. The number of hydrogen-bond acceptors (Lipinski definition) is 15. The number of aryl methyl sites for hydroxylation is 1. The quantitative estimate of drug-likeness (QED) is 0.0259. The summed E-state index contributed by atoms with van der Waals surface area (Å²) in [6.07, 6.45) is -5.14. The summed E-state index contributed by atoms with van der Waals surface area (Å²) >= 11 is 1.55. The Bertz CT molecular complexity index is 3160. The number of aromatic amines is 1. The summed E-state index contributed by atoms with van der Waals surface area (Å²) in [5.41, 5.74) is 1.68. The highest BCUT2D eigenvalue weighted by Crippen LogP contribution is 2.37. The number of carbonyl (C=O) groups excluding carboxylic acids is 5. The second kappa shape index (κ2) is 29.8.